The van der Waals surface area contributed by atoms with Crippen molar-refractivity contribution in [2.75, 3.05) is 31.1 Å². The molecule has 0 N–H and O–H groups in total. The summed E-state index contributed by atoms with van der Waals surface area (Å²) in [6, 6.07) is 3.79. The van der Waals surface area contributed by atoms with Gasteiger partial charge in [-0.3, -0.25) is 4.79 Å². The average Bonchev–Trinajstić information content (AvgIpc) is 2.74. The van der Waals surface area contributed by atoms with Crippen molar-refractivity contribution < 1.29 is 9.53 Å². The molecular weight excluding hydrogens is 352 g/mol. The van der Waals surface area contributed by atoms with Crippen LogP contribution in [-0.4, -0.2) is 46.7 Å². The Kier molecular flexibility index (Phi) is 5.11. The maximum Gasteiger partial charge on any atom is 0.161 e. The van der Waals surface area contributed by atoms with E-state index in [2.05, 4.69) is 39.8 Å². The van der Waals surface area contributed by atoms with Gasteiger partial charge in [0.15, 0.2) is 5.78 Å². The predicted molar refractivity (Wildman–Crippen MR) is 93.6 cm³/mol. The first-order chi connectivity index (χ1) is 9.78. The highest BCUT2D eigenvalue weighted by molar-refractivity contribution is 9.10. The van der Waals surface area contributed by atoms with Crippen LogP contribution in [0.3, 0.4) is 0 Å². The van der Waals surface area contributed by atoms with Crippen LogP contribution < -0.4 is 0 Å². The fourth-order valence-electron chi connectivity index (χ4n) is 1.93. The van der Waals surface area contributed by atoms with Crippen LogP contribution in [0.15, 0.2) is 22.8 Å². The Morgan fingerprint density at radius 1 is 1.38 bits per heavy atom. The number of carbonyl (C=O) groups is 1. The topological polar surface area (TPSA) is 44.1 Å². The number of aromatic nitrogens is 2. The summed E-state index contributed by atoms with van der Waals surface area (Å²) in [4.78, 5) is 11.6. The third kappa shape index (κ3) is 4.31. The molecule has 0 aliphatic rings. The Labute approximate surface area is 135 Å². The first-order valence-electron chi connectivity index (χ1n) is 6.68. The SMILES string of the molecule is CC(=O)c1cc2c(cnn2COCCS(C)(C)C)cc1Br. The molecule has 0 atom stereocenters. The number of carbonyl (C=O) groups excluding carboxylic acids is 1. The summed E-state index contributed by atoms with van der Waals surface area (Å²) >= 11 is 3.43. The van der Waals surface area contributed by atoms with Crippen LogP contribution >= 0.6 is 26.0 Å². The second-order valence-corrected chi connectivity index (χ2v) is 11.4. The number of benzene rings is 1. The molecule has 0 unspecified atom stereocenters. The Morgan fingerprint density at radius 3 is 2.71 bits per heavy atom. The van der Waals surface area contributed by atoms with Crippen molar-refractivity contribution in [2.24, 2.45) is 0 Å². The van der Waals surface area contributed by atoms with Gasteiger partial charge in [0.05, 0.1) is 18.3 Å². The minimum Gasteiger partial charge on any atom is -0.358 e. The van der Waals surface area contributed by atoms with E-state index < -0.39 is 10.0 Å². The average molecular weight is 373 g/mol. The highest BCUT2D eigenvalue weighted by Gasteiger charge is 2.11. The lowest BCUT2D eigenvalue weighted by Crippen LogP contribution is -2.10. The summed E-state index contributed by atoms with van der Waals surface area (Å²) in [6.07, 6.45) is 8.62. The van der Waals surface area contributed by atoms with E-state index in [9.17, 15) is 4.79 Å². The zero-order valence-corrected chi connectivity index (χ0v) is 15.3. The molecule has 0 fully saturated rings. The number of Topliss-reactive ketones (excluding diaryl/α,β-unsaturated/α-hetero) is 1. The standard InChI is InChI=1S/C15H21BrN2O2S/c1-11(19)13-8-15-12(7-14(13)16)9-17-18(15)10-20-5-6-21(2,3)4/h7-9H,5-6,10H2,1-4H3. The van der Waals surface area contributed by atoms with E-state index in [1.165, 1.54) is 0 Å². The van der Waals surface area contributed by atoms with Crippen molar-refractivity contribution in [3.63, 3.8) is 0 Å². The van der Waals surface area contributed by atoms with Crippen LogP contribution in [-0.2, 0) is 11.5 Å². The second kappa shape index (κ2) is 6.50. The smallest absolute Gasteiger partial charge is 0.161 e. The van der Waals surface area contributed by atoms with Crippen molar-refractivity contribution in [2.45, 2.75) is 13.7 Å². The van der Waals surface area contributed by atoms with Gasteiger partial charge in [0.1, 0.15) is 6.73 Å². The number of nitrogens with zero attached hydrogens (tertiary/aromatic N) is 2. The molecule has 1 aromatic heterocycles. The highest BCUT2D eigenvalue weighted by atomic mass is 79.9. The molecule has 0 spiro atoms. The van der Waals surface area contributed by atoms with Gasteiger partial charge in [-0.15, -0.1) is 0 Å². The van der Waals surface area contributed by atoms with Crippen LogP contribution in [0.1, 0.15) is 17.3 Å². The lowest BCUT2D eigenvalue weighted by atomic mass is 10.1. The third-order valence-corrected chi connectivity index (χ3v) is 5.21. The first kappa shape index (κ1) is 16.5. The van der Waals surface area contributed by atoms with Gasteiger partial charge in [0.2, 0.25) is 0 Å². The molecule has 116 valence electrons. The highest BCUT2D eigenvalue weighted by Crippen LogP contribution is 2.33. The molecule has 0 saturated carbocycles. The molecule has 0 aliphatic heterocycles. The number of rotatable bonds is 6. The van der Waals surface area contributed by atoms with E-state index in [-0.39, 0.29) is 5.78 Å². The molecular formula is C15H21BrN2O2S. The molecule has 0 saturated heterocycles. The van der Waals surface area contributed by atoms with Gasteiger partial charge >= 0.3 is 0 Å². The van der Waals surface area contributed by atoms with Crippen molar-refractivity contribution in [1.82, 2.24) is 9.78 Å². The first-order valence-corrected chi connectivity index (χ1v) is 10.5. The molecule has 2 aromatic rings. The number of hydrogen-bond donors (Lipinski definition) is 0. The quantitative estimate of drug-likeness (QED) is 0.573. The summed E-state index contributed by atoms with van der Waals surface area (Å²) < 4.78 is 8.32. The zero-order chi connectivity index (χ0) is 15.6. The lowest BCUT2D eigenvalue weighted by molar-refractivity contribution is 0.0840. The monoisotopic (exact) mass is 372 g/mol. The maximum absolute atomic E-state index is 11.6. The van der Waals surface area contributed by atoms with Gasteiger partial charge in [-0.05, 0) is 37.8 Å². The van der Waals surface area contributed by atoms with E-state index in [1.807, 2.05) is 12.1 Å². The maximum atomic E-state index is 11.6. The van der Waals surface area contributed by atoms with Crippen LogP contribution in [0.4, 0.5) is 0 Å². The minimum atomic E-state index is -0.537. The number of halogens is 1. The van der Waals surface area contributed by atoms with Crippen LogP contribution in [0, 0.1) is 0 Å². The molecule has 21 heavy (non-hydrogen) atoms. The van der Waals surface area contributed by atoms with Crippen molar-refractivity contribution >= 4 is 42.6 Å². The summed E-state index contributed by atoms with van der Waals surface area (Å²) in [5, 5.41) is 5.33. The van der Waals surface area contributed by atoms with Crippen molar-refractivity contribution in [1.29, 1.82) is 0 Å². The minimum absolute atomic E-state index is 0.0359. The van der Waals surface area contributed by atoms with Gasteiger partial charge in [-0.2, -0.15) is 5.10 Å². The summed E-state index contributed by atoms with van der Waals surface area (Å²) in [6.45, 7) is 2.71. The van der Waals surface area contributed by atoms with E-state index in [1.54, 1.807) is 17.8 Å². The summed E-state index contributed by atoms with van der Waals surface area (Å²) in [5.74, 6) is 1.12. The van der Waals surface area contributed by atoms with Gasteiger partial charge < -0.3 is 4.74 Å². The van der Waals surface area contributed by atoms with Gasteiger partial charge in [0.25, 0.3) is 0 Å². The second-order valence-electron chi connectivity index (χ2n) is 5.92. The molecule has 1 heterocycles. The molecule has 0 bridgehead atoms. The Morgan fingerprint density at radius 2 is 2.10 bits per heavy atom. The van der Waals surface area contributed by atoms with Gasteiger partial charge in [-0.1, -0.05) is 15.9 Å². The zero-order valence-electron chi connectivity index (χ0n) is 12.9. The third-order valence-electron chi connectivity index (χ3n) is 3.16. The van der Waals surface area contributed by atoms with E-state index in [0.717, 1.165) is 27.7 Å². The van der Waals surface area contributed by atoms with Crippen LogP contribution in [0.2, 0.25) is 0 Å². The molecule has 2 rings (SSSR count). The molecule has 0 aliphatic carbocycles. The molecule has 6 heteroatoms. The number of ether oxygens (including phenoxy) is 1. The summed E-state index contributed by atoms with van der Waals surface area (Å²) in [7, 11) is -0.537. The van der Waals surface area contributed by atoms with E-state index in [0.29, 0.717) is 12.3 Å². The van der Waals surface area contributed by atoms with Gasteiger partial charge in [0, 0.05) is 21.2 Å². The van der Waals surface area contributed by atoms with E-state index >= 15 is 0 Å². The number of hydrogen-bond acceptors (Lipinski definition) is 3. The summed E-state index contributed by atoms with van der Waals surface area (Å²) in [5.41, 5.74) is 1.59. The molecule has 4 nitrogen and oxygen atoms in total. The Balaban J connectivity index is 2.14. The Bertz CT molecular complexity index is 661. The largest absolute Gasteiger partial charge is 0.358 e. The molecule has 0 radical (unpaired) electrons. The fourth-order valence-corrected chi connectivity index (χ4v) is 3.19. The number of ketones is 1. The lowest BCUT2D eigenvalue weighted by Gasteiger charge is -2.24. The van der Waals surface area contributed by atoms with Crippen LogP contribution in [0.25, 0.3) is 10.9 Å². The van der Waals surface area contributed by atoms with Crippen molar-refractivity contribution in [3.05, 3.63) is 28.4 Å². The predicted octanol–water partition coefficient (Wildman–Crippen LogP) is 3.67. The molecule has 0 amide bonds. The molecule has 1 aromatic carbocycles. The fraction of sp³-hybridized carbons (Fsp3) is 0.467. The van der Waals surface area contributed by atoms with Gasteiger partial charge in [-0.25, -0.2) is 14.7 Å². The van der Waals surface area contributed by atoms with E-state index in [4.69, 9.17) is 4.74 Å². The van der Waals surface area contributed by atoms with Crippen LogP contribution in [0.5, 0.6) is 0 Å². The normalized spacial score (nSPS) is 12.8. The number of fused-ring (bicyclic) bond motifs is 1. The Hall–Kier alpha value is -0.850. The van der Waals surface area contributed by atoms with Crippen molar-refractivity contribution in [3.8, 4) is 0 Å².